The maximum Gasteiger partial charge on any atom is 0.417 e. The molecule has 4 nitrogen and oxygen atoms in total. The summed E-state index contributed by atoms with van der Waals surface area (Å²) in [6, 6.07) is 5.99. The summed E-state index contributed by atoms with van der Waals surface area (Å²) in [5.41, 5.74) is 2.10. The van der Waals surface area contributed by atoms with Crippen LogP contribution in [0.25, 0.3) is 11.1 Å². The number of nitrogen functional groups attached to an aromatic ring is 1. The van der Waals surface area contributed by atoms with Crippen LogP contribution in [-0.4, -0.2) is 4.92 Å². The van der Waals surface area contributed by atoms with Crippen molar-refractivity contribution in [2.45, 2.75) is 6.18 Å². The summed E-state index contributed by atoms with van der Waals surface area (Å²) in [6.45, 7) is 0. The quantitative estimate of drug-likeness (QED) is 0.394. The summed E-state index contributed by atoms with van der Waals surface area (Å²) in [4.78, 5) is 9.83. The van der Waals surface area contributed by atoms with Crippen LogP contribution in [0, 0.1) is 15.9 Å². The van der Waals surface area contributed by atoms with Crippen molar-refractivity contribution >= 4 is 11.4 Å². The molecule has 0 aliphatic heterocycles. The standard InChI is InChI=1S/C13H8F4N2O2/c14-10-5-7(6-11(12(10)18)19(20)21)8-3-1-2-4-9(8)13(15,16)17/h1-6H,18H2. The lowest BCUT2D eigenvalue weighted by molar-refractivity contribution is -0.384. The van der Waals surface area contributed by atoms with Crippen LogP contribution in [-0.2, 0) is 6.18 Å². The van der Waals surface area contributed by atoms with Crippen LogP contribution in [0.15, 0.2) is 36.4 Å². The number of halogens is 4. The van der Waals surface area contributed by atoms with Gasteiger partial charge in [0.2, 0.25) is 0 Å². The third kappa shape index (κ3) is 2.78. The fourth-order valence-electron chi connectivity index (χ4n) is 1.89. The molecule has 2 rings (SSSR count). The lowest BCUT2D eigenvalue weighted by Gasteiger charge is -2.13. The fourth-order valence-corrected chi connectivity index (χ4v) is 1.89. The maximum atomic E-state index is 13.6. The molecule has 0 aromatic heterocycles. The molecule has 0 heterocycles. The van der Waals surface area contributed by atoms with Crippen LogP contribution in [0.1, 0.15) is 5.56 Å². The molecule has 0 atom stereocenters. The zero-order valence-corrected chi connectivity index (χ0v) is 10.3. The molecule has 0 saturated carbocycles. The monoisotopic (exact) mass is 300 g/mol. The highest BCUT2D eigenvalue weighted by Gasteiger charge is 2.34. The van der Waals surface area contributed by atoms with Crippen LogP contribution in [0.4, 0.5) is 28.9 Å². The van der Waals surface area contributed by atoms with E-state index in [2.05, 4.69) is 0 Å². The van der Waals surface area contributed by atoms with Crippen molar-refractivity contribution in [3.05, 3.63) is 57.9 Å². The molecule has 110 valence electrons. The summed E-state index contributed by atoms with van der Waals surface area (Å²) in [7, 11) is 0. The van der Waals surface area contributed by atoms with E-state index in [0.29, 0.717) is 0 Å². The van der Waals surface area contributed by atoms with Crippen molar-refractivity contribution < 1.29 is 22.5 Å². The van der Waals surface area contributed by atoms with Crippen molar-refractivity contribution in [2.24, 2.45) is 0 Å². The van der Waals surface area contributed by atoms with Gasteiger partial charge in [-0.15, -0.1) is 0 Å². The molecule has 0 aliphatic carbocycles. The zero-order chi connectivity index (χ0) is 15.8. The Labute approximate surface area is 116 Å². The second-order valence-corrected chi connectivity index (χ2v) is 4.19. The summed E-state index contributed by atoms with van der Waals surface area (Å²) in [5, 5.41) is 10.8. The first-order valence-corrected chi connectivity index (χ1v) is 5.62. The van der Waals surface area contributed by atoms with E-state index in [1.807, 2.05) is 0 Å². The van der Waals surface area contributed by atoms with E-state index in [4.69, 9.17) is 5.73 Å². The van der Waals surface area contributed by atoms with Gasteiger partial charge in [-0.1, -0.05) is 18.2 Å². The Morgan fingerprint density at radius 2 is 1.76 bits per heavy atom. The highest BCUT2D eigenvalue weighted by molar-refractivity contribution is 5.75. The Morgan fingerprint density at radius 3 is 2.33 bits per heavy atom. The van der Waals surface area contributed by atoms with Crippen LogP contribution >= 0.6 is 0 Å². The van der Waals surface area contributed by atoms with E-state index in [9.17, 15) is 27.7 Å². The van der Waals surface area contributed by atoms with Gasteiger partial charge >= 0.3 is 6.18 Å². The third-order valence-corrected chi connectivity index (χ3v) is 2.85. The second-order valence-electron chi connectivity index (χ2n) is 4.19. The number of hydrogen-bond donors (Lipinski definition) is 1. The number of anilines is 1. The number of hydrogen-bond acceptors (Lipinski definition) is 3. The van der Waals surface area contributed by atoms with Gasteiger partial charge in [-0.05, 0) is 23.3 Å². The SMILES string of the molecule is Nc1c(F)cc(-c2ccccc2C(F)(F)F)cc1[N+](=O)[O-]. The minimum atomic E-state index is -4.66. The Bertz CT molecular complexity index is 714. The maximum absolute atomic E-state index is 13.6. The molecular formula is C13H8F4N2O2. The van der Waals surface area contributed by atoms with Gasteiger partial charge in [0.05, 0.1) is 10.5 Å². The van der Waals surface area contributed by atoms with Gasteiger partial charge in [0.15, 0.2) is 5.82 Å². The summed E-state index contributed by atoms with van der Waals surface area (Å²) < 4.78 is 52.4. The summed E-state index contributed by atoms with van der Waals surface area (Å²) >= 11 is 0. The van der Waals surface area contributed by atoms with E-state index < -0.39 is 33.9 Å². The molecular weight excluding hydrogens is 292 g/mol. The smallest absolute Gasteiger partial charge is 0.391 e. The van der Waals surface area contributed by atoms with Crippen molar-refractivity contribution in [1.82, 2.24) is 0 Å². The molecule has 8 heteroatoms. The van der Waals surface area contributed by atoms with Gasteiger partial charge < -0.3 is 5.73 Å². The topological polar surface area (TPSA) is 69.2 Å². The molecule has 0 amide bonds. The highest BCUT2D eigenvalue weighted by Crippen LogP contribution is 2.39. The van der Waals surface area contributed by atoms with Gasteiger partial charge in [0.1, 0.15) is 5.69 Å². The lowest BCUT2D eigenvalue weighted by Crippen LogP contribution is -2.07. The van der Waals surface area contributed by atoms with Gasteiger partial charge in [0, 0.05) is 6.07 Å². The average molecular weight is 300 g/mol. The first kappa shape index (κ1) is 14.8. The van der Waals surface area contributed by atoms with Crippen molar-refractivity contribution in [2.75, 3.05) is 5.73 Å². The molecule has 0 radical (unpaired) electrons. The summed E-state index contributed by atoms with van der Waals surface area (Å²) in [6.07, 6.45) is -4.66. The average Bonchev–Trinajstić information content (AvgIpc) is 2.40. The molecule has 2 aromatic carbocycles. The third-order valence-electron chi connectivity index (χ3n) is 2.85. The number of nitro groups is 1. The molecule has 21 heavy (non-hydrogen) atoms. The van der Waals surface area contributed by atoms with Crippen molar-refractivity contribution in [3.8, 4) is 11.1 Å². The molecule has 0 spiro atoms. The van der Waals surface area contributed by atoms with Crippen LogP contribution in [0.5, 0.6) is 0 Å². The Morgan fingerprint density at radius 1 is 1.14 bits per heavy atom. The Hall–Kier alpha value is -2.64. The molecule has 2 aromatic rings. The van der Waals surface area contributed by atoms with Gasteiger partial charge in [-0.25, -0.2) is 4.39 Å². The molecule has 0 aliphatic rings. The largest absolute Gasteiger partial charge is 0.417 e. The number of alkyl halides is 3. The Balaban J connectivity index is 2.72. The predicted molar refractivity (Wildman–Crippen MR) is 67.9 cm³/mol. The molecule has 0 saturated heterocycles. The van der Waals surface area contributed by atoms with Gasteiger partial charge in [0.25, 0.3) is 5.69 Å². The molecule has 0 unspecified atom stereocenters. The van der Waals surface area contributed by atoms with Crippen LogP contribution in [0.3, 0.4) is 0 Å². The Kier molecular flexibility index (Phi) is 3.54. The zero-order valence-electron chi connectivity index (χ0n) is 10.3. The van der Waals surface area contributed by atoms with E-state index in [-0.39, 0.29) is 11.1 Å². The van der Waals surface area contributed by atoms with E-state index in [0.717, 1.165) is 24.3 Å². The van der Waals surface area contributed by atoms with Crippen molar-refractivity contribution in [1.29, 1.82) is 0 Å². The number of nitro benzene ring substituents is 1. The van der Waals surface area contributed by atoms with E-state index >= 15 is 0 Å². The molecule has 2 N–H and O–H groups in total. The lowest BCUT2D eigenvalue weighted by atomic mass is 9.98. The minimum absolute atomic E-state index is 0.263. The van der Waals surface area contributed by atoms with Crippen LogP contribution in [0.2, 0.25) is 0 Å². The molecule has 0 fully saturated rings. The number of rotatable bonds is 2. The molecule has 0 bridgehead atoms. The first-order valence-electron chi connectivity index (χ1n) is 5.62. The first-order chi connectivity index (χ1) is 9.71. The summed E-state index contributed by atoms with van der Waals surface area (Å²) in [5.74, 6) is -1.14. The van der Waals surface area contributed by atoms with Crippen molar-refractivity contribution in [3.63, 3.8) is 0 Å². The normalized spacial score (nSPS) is 11.4. The minimum Gasteiger partial charge on any atom is -0.391 e. The van der Waals surface area contributed by atoms with E-state index in [1.165, 1.54) is 12.1 Å². The van der Waals surface area contributed by atoms with Gasteiger partial charge in [-0.2, -0.15) is 13.2 Å². The fraction of sp³-hybridized carbons (Fsp3) is 0.0769. The highest BCUT2D eigenvalue weighted by atomic mass is 19.4. The van der Waals surface area contributed by atoms with E-state index in [1.54, 1.807) is 0 Å². The van der Waals surface area contributed by atoms with Gasteiger partial charge in [-0.3, -0.25) is 10.1 Å². The number of nitrogens with two attached hydrogens (primary N) is 1. The number of nitrogens with zero attached hydrogens (tertiary/aromatic N) is 1. The predicted octanol–water partition coefficient (Wildman–Crippen LogP) is 4.00. The van der Waals surface area contributed by atoms with Crippen LogP contribution < -0.4 is 5.73 Å². The number of benzene rings is 2. The second kappa shape index (κ2) is 5.04.